The second-order valence-electron chi connectivity index (χ2n) is 2.55. The first-order chi connectivity index (χ1) is 6.36. The SMILES string of the molecule is [CH2]OCC=Cc1ccc(OC)cc1. The molecule has 0 saturated carbocycles. The molecule has 0 heterocycles. The van der Waals surface area contributed by atoms with E-state index in [1.807, 2.05) is 36.4 Å². The van der Waals surface area contributed by atoms with Crippen molar-refractivity contribution in [2.45, 2.75) is 0 Å². The molecule has 0 unspecified atom stereocenters. The van der Waals surface area contributed by atoms with E-state index in [1.165, 1.54) is 0 Å². The maximum Gasteiger partial charge on any atom is 0.118 e. The van der Waals surface area contributed by atoms with Crippen LogP contribution in [-0.4, -0.2) is 13.7 Å². The molecule has 0 aliphatic carbocycles. The Morgan fingerprint density at radius 3 is 2.54 bits per heavy atom. The molecule has 1 aromatic rings. The summed E-state index contributed by atoms with van der Waals surface area (Å²) in [7, 11) is 4.93. The van der Waals surface area contributed by atoms with Crippen LogP contribution in [0.3, 0.4) is 0 Å². The molecule has 0 amide bonds. The van der Waals surface area contributed by atoms with Crippen LogP contribution in [0, 0.1) is 7.11 Å². The molecule has 0 bridgehead atoms. The van der Waals surface area contributed by atoms with Crippen molar-refractivity contribution in [2.24, 2.45) is 0 Å². The van der Waals surface area contributed by atoms with Gasteiger partial charge in [0.2, 0.25) is 0 Å². The highest BCUT2D eigenvalue weighted by Gasteiger charge is 1.88. The summed E-state index contributed by atoms with van der Waals surface area (Å²) in [4.78, 5) is 0. The smallest absolute Gasteiger partial charge is 0.118 e. The molecule has 0 aliphatic rings. The van der Waals surface area contributed by atoms with Crippen LogP contribution in [0.15, 0.2) is 30.3 Å². The van der Waals surface area contributed by atoms with Gasteiger partial charge in [-0.05, 0) is 17.7 Å². The summed E-state index contributed by atoms with van der Waals surface area (Å²) in [5.41, 5.74) is 1.12. The number of hydrogen-bond donors (Lipinski definition) is 0. The van der Waals surface area contributed by atoms with Gasteiger partial charge in [0, 0.05) is 0 Å². The van der Waals surface area contributed by atoms with E-state index in [0.717, 1.165) is 11.3 Å². The average Bonchev–Trinajstić information content (AvgIpc) is 2.19. The van der Waals surface area contributed by atoms with Crippen molar-refractivity contribution in [3.8, 4) is 5.75 Å². The number of benzene rings is 1. The predicted octanol–water partition coefficient (Wildman–Crippen LogP) is 2.52. The molecule has 1 rings (SSSR count). The Morgan fingerprint density at radius 2 is 2.00 bits per heavy atom. The second kappa shape index (κ2) is 5.38. The monoisotopic (exact) mass is 177 g/mol. The Hall–Kier alpha value is -1.28. The lowest BCUT2D eigenvalue weighted by Gasteiger charge is -1.98. The molecule has 2 nitrogen and oxygen atoms in total. The van der Waals surface area contributed by atoms with Crippen LogP contribution in [-0.2, 0) is 4.74 Å². The van der Waals surface area contributed by atoms with Crippen LogP contribution in [0.1, 0.15) is 5.56 Å². The summed E-state index contributed by atoms with van der Waals surface area (Å²) in [6, 6.07) is 7.81. The Kier molecular flexibility index (Phi) is 4.06. The number of rotatable bonds is 4. The minimum absolute atomic E-state index is 0.534. The maximum absolute atomic E-state index is 5.04. The summed E-state index contributed by atoms with van der Waals surface area (Å²) in [5.74, 6) is 0.866. The zero-order valence-electron chi connectivity index (χ0n) is 7.69. The van der Waals surface area contributed by atoms with Gasteiger partial charge in [0.25, 0.3) is 0 Å². The maximum atomic E-state index is 5.04. The van der Waals surface area contributed by atoms with E-state index in [2.05, 4.69) is 11.8 Å². The van der Waals surface area contributed by atoms with Gasteiger partial charge < -0.3 is 9.47 Å². The summed E-state index contributed by atoms with van der Waals surface area (Å²) >= 11 is 0. The molecule has 1 aromatic carbocycles. The van der Waals surface area contributed by atoms with E-state index < -0.39 is 0 Å². The highest BCUT2D eigenvalue weighted by atomic mass is 16.5. The normalized spacial score (nSPS) is 10.6. The van der Waals surface area contributed by atoms with Gasteiger partial charge in [0.15, 0.2) is 0 Å². The van der Waals surface area contributed by atoms with Gasteiger partial charge in [-0.3, -0.25) is 0 Å². The van der Waals surface area contributed by atoms with Crippen LogP contribution >= 0.6 is 0 Å². The van der Waals surface area contributed by atoms with E-state index in [1.54, 1.807) is 7.11 Å². The fourth-order valence-corrected chi connectivity index (χ4v) is 0.967. The van der Waals surface area contributed by atoms with E-state index in [9.17, 15) is 0 Å². The molecule has 0 aliphatic heterocycles. The third-order valence-electron chi connectivity index (χ3n) is 1.64. The third-order valence-corrected chi connectivity index (χ3v) is 1.64. The zero-order valence-corrected chi connectivity index (χ0v) is 7.69. The van der Waals surface area contributed by atoms with E-state index in [4.69, 9.17) is 4.74 Å². The predicted molar refractivity (Wildman–Crippen MR) is 53.3 cm³/mol. The Bertz CT molecular complexity index is 262. The van der Waals surface area contributed by atoms with E-state index in [-0.39, 0.29) is 0 Å². The summed E-state index contributed by atoms with van der Waals surface area (Å²) < 4.78 is 9.68. The first-order valence-electron chi connectivity index (χ1n) is 4.04. The largest absolute Gasteiger partial charge is 0.497 e. The molecular formula is C11H13O2. The molecule has 2 heteroatoms. The van der Waals surface area contributed by atoms with Gasteiger partial charge in [0.05, 0.1) is 20.8 Å². The van der Waals surface area contributed by atoms with E-state index >= 15 is 0 Å². The van der Waals surface area contributed by atoms with Crippen LogP contribution < -0.4 is 4.74 Å². The van der Waals surface area contributed by atoms with Gasteiger partial charge in [-0.2, -0.15) is 0 Å². The van der Waals surface area contributed by atoms with Crippen LogP contribution in [0.2, 0.25) is 0 Å². The molecule has 0 N–H and O–H groups in total. The van der Waals surface area contributed by atoms with Gasteiger partial charge in [0.1, 0.15) is 5.75 Å². The fraction of sp³-hybridized carbons (Fsp3) is 0.182. The number of methoxy groups -OCH3 is 1. The molecule has 0 fully saturated rings. The van der Waals surface area contributed by atoms with Gasteiger partial charge >= 0.3 is 0 Å². The van der Waals surface area contributed by atoms with E-state index in [0.29, 0.717) is 6.61 Å². The molecule has 0 aromatic heterocycles. The van der Waals surface area contributed by atoms with Crippen LogP contribution in [0.25, 0.3) is 6.08 Å². The van der Waals surface area contributed by atoms with Crippen molar-refractivity contribution < 1.29 is 9.47 Å². The molecule has 1 radical (unpaired) electrons. The van der Waals surface area contributed by atoms with Crippen LogP contribution in [0.5, 0.6) is 5.75 Å². The highest BCUT2D eigenvalue weighted by molar-refractivity contribution is 5.50. The third kappa shape index (κ3) is 3.30. The van der Waals surface area contributed by atoms with Crippen molar-refractivity contribution >= 4 is 6.08 Å². The standard InChI is InChI=1S/C11H13O2/c1-12-9-3-4-10-5-7-11(13-2)8-6-10/h3-8H,1,9H2,2H3. The summed E-state index contributed by atoms with van der Waals surface area (Å²) in [6.07, 6.45) is 3.89. The summed E-state index contributed by atoms with van der Waals surface area (Å²) in [6.45, 7) is 0.534. The van der Waals surface area contributed by atoms with Gasteiger partial charge in [-0.1, -0.05) is 24.3 Å². The molecule has 0 saturated heterocycles. The highest BCUT2D eigenvalue weighted by Crippen LogP contribution is 2.11. The molecule has 13 heavy (non-hydrogen) atoms. The molecular weight excluding hydrogens is 164 g/mol. The summed E-state index contributed by atoms with van der Waals surface area (Å²) in [5, 5.41) is 0. The number of ether oxygens (including phenoxy) is 2. The van der Waals surface area contributed by atoms with Crippen molar-refractivity contribution in [3.05, 3.63) is 43.0 Å². The molecule has 0 spiro atoms. The quantitative estimate of drug-likeness (QED) is 0.703. The zero-order chi connectivity index (χ0) is 9.52. The first-order valence-corrected chi connectivity index (χ1v) is 4.04. The lowest BCUT2D eigenvalue weighted by Crippen LogP contribution is -1.82. The first kappa shape index (κ1) is 9.81. The molecule has 69 valence electrons. The van der Waals surface area contributed by atoms with Gasteiger partial charge in [-0.15, -0.1) is 0 Å². The number of hydrogen-bond acceptors (Lipinski definition) is 2. The van der Waals surface area contributed by atoms with Crippen molar-refractivity contribution in [2.75, 3.05) is 13.7 Å². The van der Waals surface area contributed by atoms with Crippen molar-refractivity contribution in [3.63, 3.8) is 0 Å². The average molecular weight is 177 g/mol. The molecule has 0 atom stereocenters. The van der Waals surface area contributed by atoms with Crippen LogP contribution in [0.4, 0.5) is 0 Å². The van der Waals surface area contributed by atoms with Crippen molar-refractivity contribution in [1.82, 2.24) is 0 Å². The Morgan fingerprint density at radius 1 is 1.31 bits per heavy atom. The van der Waals surface area contributed by atoms with Gasteiger partial charge in [-0.25, -0.2) is 0 Å². The fourth-order valence-electron chi connectivity index (χ4n) is 0.967. The minimum Gasteiger partial charge on any atom is -0.497 e. The van der Waals surface area contributed by atoms with Crippen molar-refractivity contribution in [1.29, 1.82) is 0 Å². The Labute approximate surface area is 78.8 Å². The lowest BCUT2D eigenvalue weighted by molar-refractivity contribution is 0.282. The lowest BCUT2D eigenvalue weighted by atomic mass is 10.2. The Balaban J connectivity index is 2.58. The topological polar surface area (TPSA) is 18.5 Å². The minimum atomic E-state index is 0.534. The second-order valence-corrected chi connectivity index (χ2v) is 2.55.